The van der Waals surface area contributed by atoms with Gasteiger partial charge < -0.3 is 14.5 Å². The van der Waals surface area contributed by atoms with Crippen molar-refractivity contribution in [3.63, 3.8) is 0 Å². The van der Waals surface area contributed by atoms with Gasteiger partial charge in [0.1, 0.15) is 0 Å². The maximum absolute atomic E-state index is 13.9. The Labute approximate surface area is 168 Å². The molecule has 1 spiro atoms. The van der Waals surface area contributed by atoms with Gasteiger partial charge in [-0.3, -0.25) is 9.59 Å². The molecule has 0 bridgehead atoms. The lowest BCUT2D eigenvalue weighted by atomic mass is 9.64. The predicted molar refractivity (Wildman–Crippen MR) is 108 cm³/mol. The normalized spacial score (nSPS) is 25.5. The van der Waals surface area contributed by atoms with Crippen LogP contribution in [-0.2, 0) is 9.53 Å². The lowest BCUT2D eigenvalue weighted by Crippen LogP contribution is -2.65. The largest absolute Gasteiger partial charge is 0.378 e. The fraction of sp³-hybridized carbons (Fsp3) is 0.652. The van der Waals surface area contributed by atoms with Crippen LogP contribution < -0.4 is 0 Å². The van der Waals surface area contributed by atoms with Crippen LogP contribution in [0.15, 0.2) is 24.3 Å². The molecule has 1 saturated carbocycles. The van der Waals surface area contributed by atoms with E-state index in [0.29, 0.717) is 31.9 Å². The van der Waals surface area contributed by atoms with E-state index in [9.17, 15) is 9.59 Å². The Hall–Kier alpha value is -1.88. The van der Waals surface area contributed by atoms with Crippen LogP contribution in [0, 0.1) is 0 Å². The third kappa shape index (κ3) is 3.04. The van der Waals surface area contributed by atoms with E-state index >= 15 is 0 Å². The van der Waals surface area contributed by atoms with Gasteiger partial charge in [-0.05, 0) is 37.8 Å². The Bertz CT molecular complexity index is 735. The van der Waals surface area contributed by atoms with Crippen molar-refractivity contribution in [2.24, 2.45) is 0 Å². The van der Waals surface area contributed by atoms with E-state index in [0.717, 1.165) is 37.7 Å². The molecule has 5 nitrogen and oxygen atoms in total. The lowest BCUT2D eigenvalue weighted by molar-refractivity contribution is -0.142. The summed E-state index contributed by atoms with van der Waals surface area (Å²) in [5.41, 5.74) is 1.25. The highest BCUT2D eigenvalue weighted by molar-refractivity contribution is 6.02. The molecule has 1 aliphatic carbocycles. The van der Waals surface area contributed by atoms with E-state index in [-0.39, 0.29) is 23.8 Å². The first-order valence-electron chi connectivity index (χ1n) is 10.9. The lowest BCUT2D eigenvalue weighted by Gasteiger charge is -2.56. The van der Waals surface area contributed by atoms with Crippen LogP contribution in [0.4, 0.5) is 0 Å². The minimum Gasteiger partial charge on any atom is -0.378 e. The number of hydrogen-bond donors (Lipinski definition) is 0. The number of morpholine rings is 1. The molecule has 2 atom stereocenters. The minimum absolute atomic E-state index is 0.109. The molecule has 5 heteroatoms. The number of amides is 2. The van der Waals surface area contributed by atoms with Crippen molar-refractivity contribution in [3.05, 3.63) is 35.4 Å². The Balaban J connectivity index is 1.86. The summed E-state index contributed by atoms with van der Waals surface area (Å²) in [5, 5.41) is 0. The van der Waals surface area contributed by atoms with Gasteiger partial charge in [-0.2, -0.15) is 0 Å². The molecule has 152 valence electrons. The van der Waals surface area contributed by atoms with Crippen LogP contribution in [0.5, 0.6) is 0 Å². The summed E-state index contributed by atoms with van der Waals surface area (Å²) in [4.78, 5) is 31.6. The SMILES string of the molecule is CCC(C)N1C(=O)c2ccccc2C(C(=O)N2CCOCC2)C12CCCCC2. The van der Waals surface area contributed by atoms with E-state index in [1.165, 1.54) is 6.42 Å². The first-order valence-corrected chi connectivity index (χ1v) is 10.9. The quantitative estimate of drug-likeness (QED) is 0.800. The van der Waals surface area contributed by atoms with Gasteiger partial charge in [-0.25, -0.2) is 0 Å². The summed E-state index contributed by atoms with van der Waals surface area (Å²) in [5.74, 6) is 0.0186. The van der Waals surface area contributed by atoms with Gasteiger partial charge in [-0.1, -0.05) is 44.4 Å². The van der Waals surface area contributed by atoms with Crippen LogP contribution in [0.2, 0.25) is 0 Å². The predicted octanol–water partition coefficient (Wildman–Crippen LogP) is 3.59. The average molecular weight is 385 g/mol. The molecular weight excluding hydrogens is 352 g/mol. The van der Waals surface area contributed by atoms with Gasteiger partial charge in [0.15, 0.2) is 0 Å². The fourth-order valence-corrected chi connectivity index (χ4v) is 5.55. The molecule has 2 amide bonds. The number of benzene rings is 1. The van der Waals surface area contributed by atoms with Crippen molar-refractivity contribution >= 4 is 11.8 Å². The van der Waals surface area contributed by atoms with Crippen molar-refractivity contribution in [1.29, 1.82) is 0 Å². The Morgan fingerprint density at radius 3 is 2.54 bits per heavy atom. The topological polar surface area (TPSA) is 49.9 Å². The second kappa shape index (κ2) is 7.86. The van der Waals surface area contributed by atoms with Crippen molar-refractivity contribution in [2.45, 2.75) is 69.9 Å². The Morgan fingerprint density at radius 1 is 1.18 bits per heavy atom. The molecule has 1 aromatic carbocycles. The van der Waals surface area contributed by atoms with Gasteiger partial charge in [0.25, 0.3) is 5.91 Å². The van der Waals surface area contributed by atoms with E-state index in [2.05, 4.69) is 18.7 Å². The second-order valence-electron chi connectivity index (χ2n) is 8.55. The average Bonchev–Trinajstić information content (AvgIpc) is 2.75. The number of carbonyl (C=O) groups is 2. The molecule has 2 unspecified atom stereocenters. The zero-order valence-electron chi connectivity index (χ0n) is 17.2. The second-order valence-corrected chi connectivity index (χ2v) is 8.55. The van der Waals surface area contributed by atoms with Crippen molar-refractivity contribution < 1.29 is 14.3 Å². The van der Waals surface area contributed by atoms with E-state index < -0.39 is 5.54 Å². The van der Waals surface area contributed by atoms with Crippen LogP contribution in [0.1, 0.15) is 74.2 Å². The van der Waals surface area contributed by atoms with E-state index in [4.69, 9.17) is 4.74 Å². The molecule has 0 radical (unpaired) electrons. The van der Waals surface area contributed by atoms with Crippen LogP contribution >= 0.6 is 0 Å². The fourth-order valence-electron chi connectivity index (χ4n) is 5.55. The number of nitrogens with zero attached hydrogens (tertiary/aromatic N) is 2. The van der Waals surface area contributed by atoms with Gasteiger partial charge in [0.05, 0.1) is 24.7 Å². The van der Waals surface area contributed by atoms with Crippen LogP contribution in [-0.4, -0.2) is 59.5 Å². The molecule has 2 aliphatic heterocycles. The van der Waals surface area contributed by atoms with E-state index in [1.807, 2.05) is 29.2 Å². The molecule has 0 N–H and O–H groups in total. The van der Waals surface area contributed by atoms with E-state index in [1.54, 1.807) is 0 Å². The van der Waals surface area contributed by atoms with Gasteiger partial charge >= 0.3 is 0 Å². The molecule has 28 heavy (non-hydrogen) atoms. The zero-order chi connectivity index (χ0) is 19.7. The minimum atomic E-state index is -0.394. The third-order valence-electron chi connectivity index (χ3n) is 7.06. The summed E-state index contributed by atoms with van der Waals surface area (Å²) in [6.07, 6.45) is 6.07. The van der Waals surface area contributed by atoms with Crippen LogP contribution in [0.25, 0.3) is 0 Å². The van der Waals surface area contributed by atoms with Crippen molar-refractivity contribution in [2.75, 3.05) is 26.3 Å². The third-order valence-corrected chi connectivity index (χ3v) is 7.06. The number of carbonyl (C=O) groups excluding carboxylic acids is 2. The van der Waals surface area contributed by atoms with Gasteiger partial charge in [0.2, 0.25) is 5.91 Å². The van der Waals surface area contributed by atoms with Crippen molar-refractivity contribution in [1.82, 2.24) is 9.80 Å². The summed E-state index contributed by atoms with van der Waals surface area (Å²) in [7, 11) is 0. The molecule has 2 heterocycles. The van der Waals surface area contributed by atoms with Gasteiger partial charge in [-0.15, -0.1) is 0 Å². The maximum Gasteiger partial charge on any atom is 0.254 e. The smallest absolute Gasteiger partial charge is 0.254 e. The highest BCUT2D eigenvalue weighted by Crippen LogP contribution is 2.50. The molecule has 2 fully saturated rings. The standard InChI is InChI=1S/C23H32N2O3/c1-3-17(2)25-21(26)19-10-6-5-9-18(19)20(23(25)11-7-4-8-12-23)22(27)24-13-15-28-16-14-24/h5-6,9-10,17,20H,3-4,7-8,11-16H2,1-2H3. The molecule has 1 aromatic rings. The monoisotopic (exact) mass is 384 g/mol. The molecular formula is C23H32N2O3. The van der Waals surface area contributed by atoms with Crippen LogP contribution in [0.3, 0.4) is 0 Å². The molecule has 4 rings (SSSR count). The van der Waals surface area contributed by atoms with Crippen molar-refractivity contribution in [3.8, 4) is 0 Å². The Morgan fingerprint density at radius 2 is 1.86 bits per heavy atom. The molecule has 1 saturated heterocycles. The Kier molecular flexibility index (Phi) is 5.46. The summed E-state index contributed by atoms with van der Waals surface area (Å²) in [6, 6.07) is 7.93. The first kappa shape index (κ1) is 19.4. The van der Waals surface area contributed by atoms with Gasteiger partial charge in [0, 0.05) is 24.7 Å². The zero-order valence-corrected chi connectivity index (χ0v) is 17.2. The number of ether oxygens (including phenoxy) is 1. The number of rotatable bonds is 3. The summed E-state index contributed by atoms with van der Waals surface area (Å²) in [6.45, 7) is 6.75. The highest BCUT2D eigenvalue weighted by atomic mass is 16.5. The number of fused-ring (bicyclic) bond motifs is 1. The maximum atomic E-state index is 13.9. The molecule has 0 aromatic heterocycles. The molecule has 3 aliphatic rings. The number of hydrogen-bond acceptors (Lipinski definition) is 3. The first-order chi connectivity index (χ1) is 13.6. The summed E-state index contributed by atoms with van der Waals surface area (Å²) < 4.78 is 5.48. The highest BCUT2D eigenvalue weighted by Gasteiger charge is 2.56. The summed E-state index contributed by atoms with van der Waals surface area (Å²) >= 11 is 0.